The molecule has 0 amide bonds. The second-order valence-electron chi connectivity index (χ2n) is 3.73. The summed E-state index contributed by atoms with van der Waals surface area (Å²) < 4.78 is 5.49. The Morgan fingerprint density at radius 1 is 1.43 bits per heavy atom. The minimum atomic E-state index is 0.0558. The highest BCUT2D eigenvalue weighted by molar-refractivity contribution is 5.39. The van der Waals surface area contributed by atoms with E-state index in [1.54, 1.807) is 0 Å². The monoisotopic (exact) mass is 192 g/mol. The molecule has 0 atom stereocenters. The van der Waals surface area contributed by atoms with E-state index in [2.05, 4.69) is 12.1 Å². The summed E-state index contributed by atoms with van der Waals surface area (Å²) in [6.45, 7) is 2.67. The van der Waals surface area contributed by atoms with Gasteiger partial charge in [-0.25, -0.2) is 0 Å². The highest BCUT2D eigenvalue weighted by atomic mass is 16.5. The van der Waals surface area contributed by atoms with E-state index in [1.165, 1.54) is 18.4 Å². The maximum atomic E-state index is 9.11. The van der Waals surface area contributed by atoms with E-state index in [-0.39, 0.29) is 6.61 Å². The van der Waals surface area contributed by atoms with Crippen LogP contribution in [0.3, 0.4) is 0 Å². The largest absolute Gasteiger partial charge is 0.493 e. The van der Waals surface area contributed by atoms with E-state index in [0.717, 1.165) is 17.2 Å². The van der Waals surface area contributed by atoms with E-state index in [9.17, 15) is 0 Å². The second-order valence-corrected chi connectivity index (χ2v) is 3.73. The van der Waals surface area contributed by atoms with E-state index < -0.39 is 0 Å². The molecule has 0 aromatic heterocycles. The third-order valence-electron chi connectivity index (χ3n) is 2.61. The highest BCUT2D eigenvalue weighted by Crippen LogP contribution is 2.41. The average molecular weight is 192 g/mol. The van der Waals surface area contributed by atoms with Crippen LogP contribution in [-0.4, -0.2) is 11.7 Å². The van der Waals surface area contributed by atoms with Crippen molar-refractivity contribution in [2.24, 2.45) is 0 Å². The molecule has 0 spiro atoms. The highest BCUT2D eigenvalue weighted by Gasteiger charge is 2.24. The van der Waals surface area contributed by atoms with Crippen LogP contribution in [0.2, 0.25) is 0 Å². The molecule has 76 valence electrons. The van der Waals surface area contributed by atoms with Gasteiger partial charge in [0.15, 0.2) is 0 Å². The molecule has 2 rings (SSSR count). The Morgan fingerprint density at radius 2 is 2.21 bits per heavy atom. The topological polar surface area (TPSA) is 29.5 Å². The Morgan fingerprint density at radius 3 is 2.79 bits per heavy atom. The lowest BCUT2D eigenvalue weighted by Crippen LogP contribution is -1.97. The summed E-state index contributed by atoms with van der Waals surface area (Å²) in [6, 6.07) is 6.15. The van der Waals surface area contributed by atoms with Crippen LogP contribution in [0.1, 0.15) is 36.8 Å². The summed E-state index contributed by atoms with van der Waals surface area (Å²) in [5.74, 6) is 1.58. The van der Waals surface area contributed by atoms with Crippen LogP contribution in [0.15, 0.2) is 18.2 Å². The van der Waals surface area contributed by atoms with E-state index >= 15 is 0 Å². The van der Waals surface area contributed by atoms with Gasteiger partial charge in [-0.3, -0.25) is 0 Å². The van der Waals surface area contributed by atoms with Gasteiger partial charge in [0.25, 0.3) is 0 Å². The first-order valence-corrected chi connectivity index (χ1v) is 5.21. The first-order valence-electron chi connectivity index (χ1n) is 5.21. The second kappa shape index (κ2) is 4.01. The standard InChI is InChI=1S/C12H16O2/c1-2-14-12-7-10(9-3-4-9)5-6-11(12)8-13/h5-7,9,13H,2-4,8H2,1H3. The van der Waals surface area contributed by atoms with Crippen molar-refractivity contribution in [2.45, 2.75) is 32.3 Å². The number of benzene rings is 1. The maximum Gasteiger partial charge on any atom is 0.125 e. The minimum Gasteiger partial charge on any atom is -0.493 e. The van der Waals surface area contributed by atoms with Crippen LogP contribution >= 0.6 is 0 Å². The molecule has 0 bridgehead atoms. The zero-order chi connectivity index (χ0) is 9.97. The van der Waals surface area contributed by atoms with Gasteiger partial charge in [0.2, 0.25) is 0 Å². The predicted molar refractivity (Wildman–Crippen MR) is 55.5 cm³/mol. The number of hydrogen-bond acceptors (Lipinski definition) is 2. The van der Waals surface area contributed by atoms with Crippen molar-refractivity contribution in [3.05, 3.63) is 29.3 Å². The summed E-state index contributed by atoms with van der Waals surface area (Å²) in [5.41, 5.74) is 2.24. The Bertz CT molecular complexity index is 316. The van der Waals surface area contributed by atoms with Crippen LogP contribution < -0.4 is 4.74 Å². The van der Waals surface area contributed by atoms with Crippen LogP contribution in [-0.2, 0) is 6.61 Å². The number of hydrogen-bond donors (Lipinski definition) is 1. The minimum absolute atomic E-state index is 0.0558. The normalized spacial score (nSPS) is 15.6. The third kappa shape index (κ3) is 1.90. The molecule has 1 aliphatic rings. The fourth-order valence-electron chi connectivity index (χ4n) is 1.66. The molecule has 0 heterocycles. The van der Waals surface area contributed by atoms with Crippen molar-refractivity contribution in [1.82, 2.24) is 0 Å². The van der Waals surface area contributed by atoms with Gasteiger partial charge >= 0.3 is 0 Å². The molecule has 1 N–H and O–H groups in total. The Balaban J connectivity index is 2.26. The first kappa shape index (κ1) is 9.53. The van der Waals surface area contributed by atoms with Crippen molar-refractivity contribution in [3.63, 3.8) is 0 Å². The molecule has 1 aromatic carbocycles. The van der Waals surface area contributed by atoms with Gasteiger partial charge in [0.05, 0.1) is 13.2 Å². The summed E-state index contributed by atoms with van der Waals surface area (Å²) >= 11 is 0. The number of ether oxygens (including phenoxy) is 1. The van der Waals surface area contributed by atoms with E-state index in [1.807, 2.05) is 13.0 Å². The van der Waals surface area contributed by atoms with Crippen LogP contribution in [0.5, 0.6) is 5.75 Å². The zero-order valence-corrected chi connectivity index (χ0v) is 8.49. The van der Waals surface area contributed by atoms with Crippen molar-refractivity contribution in [2.75, 3.05) is 6.61 Å². The molecule has 0 unspecified atom stereocenters. The summed E-state index contributed by atoms with van der Waals surface area (Å²) in [4.78, 5) is 0. The SMILES string of the molecule is CCOc1cc(C2CC2)ccc1CO. The predicted octanol–water partition coefficient (Wildman–Crippen LogP) is 2.46. The third-order valence-corrected chi connectivity index (χ3v) is 2.61. The van der Waals surface area contributed by atoms with Gasteiger partial charge in [-0.2, -0.15) is 0 Å². The molecule has 0 radical (unpaired) electrons. The van der Waals surface area contributed by atoms with Crippen LogP contribution in [0.25, 0.3) is 0 Å². The van der Waals surface area contributed by atoms with Crippen LogP contribution in [0.4, 0.5) is 0 Å². The van der Waals surface area contributed by atoms with Crippen molar-refractivity contribution >= 4 is 0 Å². The van der Waals surface area contributed by atoms with Gasteiger partial charge in [-0.15, -0.1) is 0 Å². The van der Waals surface area contributed by atoms with Crippen molar-refractivity contribution in [3.8, 4) is 5.75 Å². The molecular formula is C12H16O2. The lowest BCUT2D eigenvalue weighted by molar-refractivity contribution is 0.267. The number of rotatable bonds is 4. The van der Waals surface area contributed by atoms with E-state index in [0.29, 0.717) is 6.61 Å². The lowest BCUT2D eigenvalue weighted by Gasteiger charge is -2.10. The van der Waals surface area contributed by atoms with Crippen molar-refractivity contribution < 1.29 is 9.84 Å². The molecule has 2 heteroatoms. The van der Waals surface area contributed by atoms with Crippen LogP contribution in [0, 0.1) is 0 Å². The summed E-state index contributed by atoms with van der Waals surface area (Å²) in [5, 5.41) is 9.11. The van der Waals surface area contributed by atoms with Gasteiger partial charge in [0, 0.05) is 5.56 Å². The Hall–Kier alpha value is -1.02. The zero-order valence-electron chi connectivity index (χ0n) is 8.49. The molecular weight excluding hydrogens is 176 g/mol. The molecule has 1 fully saturated rings. The molecule has 0 saturated heterocycles. The van der Waals surface area contributed by atoms with Gasteiger partial charge < -0.3 is 9.84 Å². The molecule has 0 aliphatic heterocycles. The molecule has 1 aliphatic carbocycles. The molecule has 2 nitrogen and oxygen atoms in total. The van der Waals surface area contributed by atoms with Crippen molar-refractivity contribution in [1.29, 1.82) is 0 Å². The fraction of sp³-hybridized carbons (Fsp3) is 0.500. The quantitative estimate of drug-likeness (QED) is 0.794. The Labute approximate surface area is 84.5 Å². The van der Waals surface area contributed by atoms with Gasteiger partial charge in [0.1, 0.15) is 5.75 Å². The summed E-state index contributed by atoms with van der Waals surface area (Å²) in [6.07, 6.45) is 2.59. The smallest absolute Gasteiger partial charge is 0.125 e. The summed E-state index contributed by atoms with van der Waals surface area (Å²) in [7, 11) is 0. The number of aliphatic hydroxyl groups is 1. The Kier molecular flexibility index (Phi) is 2.73. The first-order chi connectivity index (χ1) is 6.85. The van der Waals surface area contributed by atoms with Gasteiger partial charge in [-0.1, -0.05) is 12.1 Å². The molecule has 1 saturated carbocycles. The van der Waals surface area contributed by atoms with E-state index in [4.69, 9.17) is 9.84 Å². The maximum absolute atomic E-state index is 9.11. The number of aliphatic hydroxyl groups excluding tert-OH is 1. The fourth-order valence-corrected chi connectivity index (χ4v) is 1.66. The average Bonchev–Trinajstić information content (AvgIpc) is 3.01. The lowest BCUT2D eigenvalue weighted by atomic mass is 10.1. The molecule has 14 heavy (non-hydrogen) atoms. The molecule has 1 aromatic rings. The van der Waals surface area contributed by atoms with Gasteiger partial charge in [-0.05, 0) is 37.3 Å².